The van der Waals surface area contributed by atoms with E-state index in [9.17, 15) is 9.90 Å². The number of likely N-dealkylation sites (tertiary alicyclic amines) is 1. The highest BCUT2D eigenvalue weighted by atomic mass is 16.4. The standard InChI is InChI=1S/C19H23NO2/c1-14-6-8-15(9-7-14)10-18(19(21)22)13-20-11-16-4-2-3-5-17(16)12-20/h2-3,6-10,16-17H,4-5,11-13H2,1H3,(H,21,22)/t16-,17+. The molecule has 1 aromatic carbocycles. The number of aliphatic carboxylic acids is 1. The molecule has 2 aliphatic rings. The molecule has 0 bridgehead atoms. The summed E-state index contributed by atoms with van der Waals surface area (Å²) in [5.41, 5.74) is 2.63. The second kappa shape index (κ2) is 6.49. The van der Waals surface area contributed by atoms with Crippen molar-refractivity contribution < 1.29 is 9.90 Å². The van der Waals surface area contributed by atoms with Crippen molar-refractivity contribution in [1.29, 1.82) is 0 Å². The Balaban J connectivity index is 1.70. The zero-order valence-electron chi connectivity index (χ0n) is 13.0. The van der Waals surface area contributed by atoms with Crippen molar-refractivity contribution in [3.8, 4) is 0 Å². The molecule has 1 N–H and O–H groups in total. The Kier molecular flexibility index (Phi) is 4.44. The second-order valence-corrected chi connectivity index (χ2v) is 6.54. The Morgan fingerprint density at radius 1 is 1.18 bits per heavy atom. The Morgan fingerprint density at radius 3 is 2.32 bits per heavy atom. The third-order valence-corrected chi connectivity index (χ3v) is 4.78. The molecule has 0 unspecified atom stereocenters. The van der Waals surface area contributed by atoms with E-state index in [0.29, 0.717) is 24.0 Å². The number of carboxylic acids is 1. The van der Waals surface area contributed by atoms with Gasteiger partial charge in [0.05, 0.1) is 5.57 Å². The minimum absolute atomic E-state index is 0.482. The van der Waals surface area contributed by atoms with Crippen LogP contribution in [0.4, 0.5) is 0 Å². The van der Waals surface area contributed by atoms with E-state index in [1.165, 1.54) is 5.56 Å². The molecule has 1 saturated heterocycles. The molecule has 1 fully saturated rings. The minimum atomic E-state index is -0.812. The summed E-state index contributed by atoms with van der Waals surface area (Å²) in [6.45, 7) is 4.61. The lowest BCUT2D eigenvalue weighted by Gasteiger charge is -2.18. The van der Waals surface area contributed by atoms with Crippen molar-refractivity contribution in [3.05, 3.63) is 53.1 Å². The van der Waals surface area contributed by atoms with Crippen molar-refractivity contribution in [2.24, 2.45) is 11.8 Å². The van der Waals surface area contributed by atoms with Crippen LogP contribution in [-0.4, -0.2) is 35.6 Å². The van der Waals surface area contributed by atoms with Crippen LogP contribution in [0.2, 0.25) is 0 Å². The van der Waals surface area contributed by atoms with E-state index in [2.05, 4.69) is 17.1 Å². The molecule has 3 rings (SSSR count). The normalized spacial score (nSPS) is 25.2. The van der Waals surface area contributed by atoms with Crippen LogP contribution >= 0.6 is 0 Å². The van der Waals surface area contributed by atoms with Crippen LogP contribution in [0.1, 0.15) is 24.0 Å². The Labute approximate surface area is 132 Å². The maximum atomic E-state index is 11.6. The van der Waals surface area contributed by atoms with Crippen LogP contribution < -0.4 is 0 Å². The number of fused-ring (bicyclic) bond motifs is 1. The van der Waals surface area contributed by atoms with Crippen LogP contribution in [0, 0.1) is 18.8 Å². The van der Waals surface area contributed by atoms with Gasteiger partial charge in [-0.15, -0.1) is 0 Å². The summed E-state index contributed by atoms with van der Waals surface area (Å²) in [5, 5.41) is 9.50. The van der Waals surface area contributed by atoms with E-state index < -0.39 is 5.97 Å². The fraction of sp³-hybridized carbons (Fsp3) is 0.421. The first kappa shape index (κ1) is 15.0. The van der Waals surface area contributed by atoms with Gasteiger partial charge in [-0.3, -0.25) is 4.90 Å². The zero-order valence-corrected chi connectivity index (χ0v) is 13.0. The Bertz CT molecular complexity index is 584. The number of carbonyl (C=O) groups is 1. The van der Waals surface area contributed by atoms with Crippen LogP contribution in [-0.2, 0) is 4.79 Å². The molecule has 0 amide bonds. The fourth-order valence-corrected chi connectivity index (χ4v) is 3.52. The van der Waals surface area contributed by atoms with Gasteiger partial charge in [-0.2, -0.15) is 0 Å². The summed E-state index contributed by atoms with van der Waals surface area (Å²) in [5.74, 6) is 0.604. The maximum absolute atomic E-state index is 11.6. The smallest absolute Gasteiger partial charge is 0.332 e. The average Bonchev–Trinajstić information content (AvgIpc) is 2.91. The van der Waals surface area contributed by atoms with Gasteiger partial charge >= 0.3 is 5.97 Å². The van der Waals surface area contributed by atoms with Crippen LogP contribution in [0.25, 0.3) is 6.08 Å². The van der Waals surface area contributed by atoms with Gasteiger partial charge in [0.15, 0.2) is 0 Å². The van der Waals surface area contributed by atoms with Gasteiger partial charge in [-0.25, -0.2) is 4.79 Å². The largest absolute Gasteiger partial charge is 0.478 e. The summed E-state index contributed by atoms with van der Waals surface area (Å²) >= 11 is 0. The molecule has 0 radical (unpaired) electrons. The van der Waals surface area contributed by atoms with Crippen molar-refractivity contribution in [2.75, 3.05) is 19.6 Å². The highest BCUT2D eigenvalue weighted by Gasteiger charge is 2.33. The van der Waals surface area contributed by atoms with E-state index in [1.807, 2.05) is 37.3 Å². The van der Waals surface area contributed by atoms with Crippen molar-refractivity contribution in [3.63, 3.8) is 0 Å². The van der Waals surface area contributed by atoms with E-state index in [0.717, 1.165) is 31.5 Å². The first-order chi connectivity index (χ1) is 10.6. The predicted molar refractivity (Wildman–Crippen MR) is 88.6 cm³/mol. The minimum Gasteiger partial charge on any atom is -0.478 e. The number of benzene rings is 1. The Hall–Kier alpha value is -1.87. The van der Waals surface area contributed by atoms with E-state index in [-0.39, 0.29) is 0 Å². The molecule has 0 aromatic heterocycles. The summed E-state index contributed by atoms with van der Waals surface area (Å²) in [4.78, 5) is 13.9. The lowest BCUT2D eigenvalue weighted by atomic mass is 9.86. The first-order valence-electron chi connectivity index (χ1n) is 7.99. The number of hydrogen-bond donors (Lipinski definition) is 1. The molecule has 3 nitrogen and oxygen atoms in total. The summed E-state index contributed by atoms with van der Waals surface area (Å²) in [6, 6.07) is 7.99. The summed E-state index contributed by atoms with van der Waals surface area (Å²) < 4.78 is 0. The van der Waals surface area contributed by atoms with Gasteiger partial charge in [0.1, 0.15) is 0 Å². The van der Waals surface area contributed by atoms with Gasteiger partial charge in [0.2, 0.25) is 0 Å². The number of rotatable bonds is 4. The second-order valence-electron chi connectivity index (χ2n) is 6.54. The van der Waals surface area contributed by atoms with Gasteiger partial charge in [0, 0.05) is 19.6 Å². The quantitative estimate of drug-likeness (QED) is 0.684. The first-order valence-corrected chi connectivity index (χ1v) is 7.99. The topological polar surface area (TPSA) is 40.5 Å². The SMILES string of the molecule is Cc1ccc(C=C(CN2C[C@H]3CC=CC[C@H]3C2)C(=O)O)cc1. The van der Waals surface area contributed by atoms with Crippen LogP contribution in [0.15, 0.2) is 42.0 Å². The van der Waals surface area contributed by atoms with Gasteiger partial charge in [-0.1, -0.05) is 42.0 Å². The van der Waals surface area contributed by atoms with Crippen molar-refractivity contribution >= 4 is 12.0 Å². The monoisotopic (exact) mass is 297 g/mol. The number of allylic oxidation sites excluding steroid dienone is 2. The maximum Gasteiger partial charge on any atom is 0.332 e. The molecule has 3 heteroatoms. The molecular weight excluding hydrogens is 274 g/mol. The van der Waals surface area contributed by atoms with E-state index in [1.54, 1.807) is 0 Å². The zero-order chi connectivity index (χ0) is 15.5. The van der Waals surface area contributed by atoms with E-state index in [4.69, 9.17) is 0 Å². The average molecular weight is 297 g/mol. The van der Waals surface area contributed by atoms with Gasteiger partial charge in [-0.05, 0) is 43.2 Å². The molecule has 0 spiro atoms. The molecular formula is C19H23NO2. The van der Waals surface area contributed by atoms with Crippen LogP contribution in [0.5, 0.6) is 0 Å². The number of nitrogens with zero attached hydrogens (tertiary/aromatic N) is 1. The molecule has 1 heterocycles. The van der Waals surface area contributed by atoms with Crippen LogP contribution in [0.3, 0.4) is 0 Å². The molecule has 1 aliphatic heterocycles. The highest BCUT2D eigenvalue weighted by molar-refractivity contribution is 5.92. The molecule has 1 aromatic rings. The summed E-state index contributed by atoms with van der Waals surface area (Å²) in [7, 11) is 0. The van der Waals surface area contributed by atoms with Crippen molar-refractivity contribution in [2.45, 2.75) is 19.8 Å². The van der Waals surface area contributed by atoms with Gasteiger partial charge < -0.3 is 5.11 Å². The Morgan fingerprint density at radius 2 is 1.77 bits per heavy atom. The highest BCUT2D eigenvalue weighted by Crippen LogP contribution is 2.33. The molecule has 22 heavy (non-hydrogen) atoms. The van der Waals surface area contributed by atoms with Gasteiger partial charge in [0.25, 0.3) is 0 Å². The lowest BCUT2D eigenvalue weighted by molar-refractivity contribution is -0.132. The number of aryl methyl sites for hydroxylation is 1. The predicted octanol–water partition coefficient (Wildman–Crippen LogP) is 3.36. The third kappa shape index (κ3) is 3.47. The summed E-state index contributed by atoms with van der Waals surface area (Å²) in [6.07, 6.45) is 8.63. The number of carboxylic acid groups (broad SMARTS) is 1. The van der Waals surface area contributed by atoms with E-state index >= 15 is 0 Å². The molecule has 1 aliphatic carbocycles. The van der Waals surface area contributed by atoms with Crippen molar-refractivity contribution in [1.82, 2.24) is 4.90 Å². The number of hydrogen-bond acceptors (Lipinski definition) is 2. The fourth-order valence-electron chi connectivity index (χ4n) is 3.52. The lowest BCUT2D eigenvalue weighted by Crippen LogP contribution is -2.26. The molecule has 0 saturated carbocycles. The third-order valence-electron chi connectivity index (χ3n) is 4.78. The molecule has 2 atom stereocenters. The molecule has 116 valence electrons.